The van der Waals surface area contributed by atoms with Crippen molar-refractivity contribution in [1.29, 1.82) is 0 Å². The molecule has 1 aromatic heterocycles. The van der Waals surface area contributed by atoms with Crippen LogP contribution in [0.25, 0.3) is 0 Å². The van der Waals surface area contributed by atoms with E-state index in [1.54, 1.807) is 11.3 Å². The third-order valence-electron chi connectivity index (χ3n) is 5.45. The average molecular weight is 372 g/mol. The Balaban J connectivity index is 1.41. The number of amides is 1. The standard InChI is InChI=1S/C20H25N3O2S/c1-13-21-17(12-26-13)11-25-19-5-3-4-14(8-19)20(24)23(2)18-9-15-6-7-16(10-18)22-15/h3-5,8,12,15-16,18,22H,6-7,9-11H2,1-2H3. The van der Waals surface area contributed by atoms with Gasteiger partial charge in [0.1, 0.15) is 12.4 Å². The Morgan fingerprint density at radius 1 is 1.35 bits per heavy atom. The Bertz CT molecular complexity index is 779. The minimum absolute atomic E-state index is 0.0752. The summed E-state index contributed by atoms with van der Waals surface area (Å²) >= 11 is 1.62. The molecule has 2 saturated heterocycles. The second kappa shape index (κ2) is 7.37. The molecule has 2 aromatic rings. The lowest BCUT2D eigenvalue weighted by Crippen LogP contribution is -2.48. The first-order valence-corrected chi connectivity index (χ1v) is 10.1. The number of carbonyl (C=O) groups is 1. The van der Waals surface area contributed by atoms with Crippen molar-refractivity contribution >= 4 is 17.2 Å². The Labute approximate surface area is 158 Å². The molecular formula is C20H25N3O2S. The second-order valence-electron chi connectivity index (χ2n) is 7.35. The van der Waals surface area contributed by atoms with Gasteiger partial charge in [-0.05, 0) is 50.8 Å². The van der Waals surface area contributed by atoms with Crippen molar-refractivity contribution in [2.75, 3.05) is 7.05 Å². The Morgan fingerprint density at radius 3 is 2.81 bits per heavy atom. The molecule has 2 bridgehead atoms. The Hall–Kier alpha value is -1.92. The first kappa shape index (κ1) is 17.5. The van der Waals surface area contributed by atoms with E-state index in [-0.39, 0.29) is 5.91 Å². The van der Waals surface area contributed by atoms with E-state index in [4.69, 9.17) is 4.74 Å². The third kappa shape index (κ3) is 3.76. The number of hydrogen-bond acceptors (Lipinski definition) is 5. The van der Waals surface area contributed by atoms with Gasteiger partial charge in [0, 0.05) is 36.1 Å². The van der Waals surface area contributed by atoms with Gasteiger partial charge in [-0.3, -0.25) is 4.79 Å². The lowest BCUT2D eigenvalue weighted by Gasteiger charge is -2.35. The van der Waals surface area contributed by atoms with Crippen LogP contribution in [0, 0.1) is 6.92 Å². The van der Waals surface area contributed by atoms with Gasteiger partial charge in [-0.1, -0.05) is 6.07 Å². The monoisotopic (exact) mass is 371 g/mol. The molecule has 0 spiro atoms. The zero-order valence-corrected chi connectivity index (χ0v) is 16.1. The summed E-state index contributed by atoms with van der Waals surface area (Å²) in [6, 6.07) is 8.96. The molecule has 0 saturated carbocycles. The maximum Gasteiger partial charge on any atom is 0.253 e. The highest BCUT2D eigenvalue weighted by Crippen LogP contribution is 2.30. The van der Waals surface area contributed by atoms with E-state index in [2.05, 4.69) is 10.3 Å². The van der Waals surface area contributed by atoms with Crippen LogP contribution in [0.2, 0.25) is 0 Å². The molecule has 0 aliphatic carbocycles. The highest BCUT2D eigenvalue weighted by molar-refractivity contribution is 7.09. The molecule has 2 fully saturated rings. The number of hydrogen-bond donors (Lipinski definition) is 1. The van der Waals surface area contributed by atoms with Crippen molar-refractivity contribution in [3.63, 3.8) is 0 Å². The van der Waals surface area contributed by atoms with Crippen molar-refractivity contribution in [3.8, 4) is 5.75 Å². The number of aromatic nitrogens is 1. The number of thiazole rings is 1. The Kier molecular flexibility index (Phi) is 4.96. The molecule has 2 aliphatic rings. The molecule has 4 rings (SSSR count). The maximum atomic E-state index is 12.9. The number of carbonyl (C=O) groups excluding carboxylic acids is 1. The van der Waals surface area contributed by atoms with Crippen molar-refractivity contribution < 1.29 is 9.53 Å². The number of piperidine rings is 1. The van der Waals surface area contributed by atoms with Crippen molar-refractivity contribution in [3.05, 3.63) is 45.9 Å². The van der Waals surface area contributed by atoms with Crippen LogP contribution in [0.5, 0.6) is 5.75 Å². The molecule has 3 heterocycles. The SMILES string of the molecule is Cc1nc(COc2cccc(C(=O)N(C)C3CC4CCC(C3)N4)c2)cs1. The van der Waals surface area contributed by atoms with Gasteiger partial charge in [-0.15, -0.1) is 11.3 Å². The summed E-state index contributed by atoms with van der Waals surface area (Å²) in [6.45, 7) is 2.41. The molecular weight excluding hydrogens is 346 g/mol. The van der Waals surface area contributed by atoms with Gasteiger partial charge in [0.05, 0.1) is 10.7 Å². The van der Waals surface area contributed by atoms with Crippen LogP contribution in [0.3, 0.4) is 0 Å². The fraction of sp³-hybridized carbons (Fsp3) is 0.500. The van der Waals surface area contributed by atoms with Crippen LogP contribution < -0.4 is 10.1 Å². The van der Waals surface area contributed by atoms with Gasteiger partial charge >= 0.3 is 0 Å². The molecule has 1 N–H and O–H groups in total. The van der Waals surface area contributed by atoms with Crippen molar-refractivity contribution in [1.82, 2.24) is 15.2 Å². The lowest BCUT2D eigenvalue weighted by molar-refractivity contribution is 0.0681. The topological polar surface area (TPSA) is 54.5 Å². The lowest BCUT2D eigenvalue weighted by atomic mass is 9.98. The number of fused-ring (bicyclic) bond motifs is 2. The van der Waals surface area contributed by atoms with E-state index in [9.17, 15) is 4.79 Å². The van der Waals surface area contributed by atoms with E-state index in [1.165, 1.54) is 12.8 Å². The van der Waals surface area contributed by atoms with Gasteiger partial charge in [-0.25, -0.2) is 4.98 Å². The number of ether oxygens (including phenoxy) is 1. The number of rotatable bonds is 5. The minimum Gasteiger partial charge on any atom is -0.487 e. The van der Waals surface area contributed by atoms with Gasteiger partial charge in [0.15, 0.2) is 0 Å². The van der Waals surface area contributed by atoms with Gasteiger partial charge < -0.3 is 15.0 Å². The zero-order valence-electron chi connectivity index (χ0n) is 15.3. The van der Waals surface area contributed by atoms with E-state index < -0.39 is 0 Å². The maximum absolute atomic E-state index is 12.9. The van der Waals surface area contributed by atoms with Crippen LogP contribution >= 0.6 is 11.3 Å². The molecule has 2 aliphatic heterocycles. The summed E-state index contributed by atoms with van der Waals surface area (Å²) < 4.78 is 5.83. The first-order valence-electron chi connectivity index (χ1n) is 9.25. The van der Waals surface area contributed by atoms with Crippen LogP contribution in [-0.2, 0) is 6.61 Å². The van der Waals surface area contributed by atoms with Crippen LogP contribution in [0.1, 0.15) is 46.7 Å². The highest BCUT2D eigenvalue weighted by atomic mass is 32.1. The third-order valence-corrected chi connectivity index (χ3v) is 6.27. The number of aryl methyl sites for hydroxylation is 1. The summed E-state index contributed by atoms with van der Waals surface area (Å²) in [5, 5.41) is 6.67. The second-order valence-corrected chi connectivity index (χ2v) is 8.42. The molecule has 1 amide bonds. The molecule has 6 heteroatoms. The highest BCUT2D eigenvalue weighted by Gasteiger charge is 2.36. The zero-order chi connectivity index (χ0) is 18.1. The molecule has 26 heavy (non-hydrogen) atoms. The van der Waals surface area contributed by atoms with E-state index in [1.807, 2.05) is 48.5 Å². The van der Waals surface area contributed by atoms with Crippen molar-refractivity contribution in [2.45, 2.75) is 57.3 Å². The van der Waals surface area contributed by atoms with E-state index >= 15 is 0 Å². The average Bonchev–Trinajstić information content (AvgIpc) is 3.23. The first-order chi connectivity index (χ1) is 12.6. The fourth-order valence-electron chi connectivity index (χ4n) is 4.06. The predicted octanol–water partition coefficient (Wildman–Crippen LogP) is 3.39. The number of nitrogens with zero attached hydrogens (tertiary/aromatic N) is 2. The summed E-state index contributed by atoms with van der Waals surface area (Å²) in [5.41, 5.74) is 1.61. The van der Waals surface area contributed by atoms with E-state index in [0.29, 0.717) is 36.0 Å². The van der Waals surface area contributed by atoms with E-state index in [0.717, 1.165) is 23.5 Å². The largest absolute Gasteiger partial charge is 0.487 e. The number of benzene rings is 1. The molecule has 1 aromatic carbocycles. The van der Waals surface area contributed by atoms with Crippen LogP contribution in [0.15, 0.2) is 29.6 Å². The summed E-state index contributed by atoms with van der Waals surface area (Å²) in [7, 11) is 1.93. The molecule has 5 nitrogen and oxygen atoms in total. The molecule has 2 atom stereocenters. The quantitative estimate of drug-likeness (QED) is 0.875. The van der Waals surface area contributed by atoms with Gasteiger partial charge in [0.25, 0.3) is 5.91 Å². The predicted molar refractivity (Wildman–Crippen MR) is 103 cm³/mol. The summed E-state index contributed by atoms with van der Waals surface area (Å²) in [6.07, 6.45) is 4.58. The molecule has 2 unspecified atom stereocenters. The molecule has 0 radical (unpaired) electrons. The summed E-state index contributed by atoms with van der Waals surface area (Å²) in [5.74, 6) is 0.784. The Morgan fingerprint density at radius 2 is 2.12 bits per heavy atom. The molecule has 138 valence electrons. The normalized spacial score (nSPS) is 24.5. The van der Waals surface area contributed by atoms with Gasteiger partial charge in [-0.2, -0.15) is 0 Å². The van der Waals surface area contributed by atoms with Crippen LogP contribution in [-0.4, -0.2) is 41.0 Å². The van der Waals surface area contributed by atoms with Crippen molar-refractivity contribution in [2.24, 2.45) is 0 Å². The summed E-state index contributed by atoms with van der Waals surface area (Å²) in [4.78, 5) is 19.3. The van der Waals surface area contributed by atoms with Crippen LogP contribution in [0.4, 0.5) is 0 Å². The number of nitrogens with one attached hydrogen (secondary N) is 1. The smallest absolute Gasteiger partial charge is 0.253 e. The minimum atomic E-state index is 0.0752. The fourth-order valence-corrected chi connectivity index (χ4v) is 4.66. The van der Waals surface area contributed by atoms with Gasteiger partial charge in [0.2, 0.25) is 0 Å².